The molecule has 1 aromatic rings. The van der Waals surface area contributed by atoms with E-state index in [9.17, 15) is 14.4 Å². The van der Waals surface area contributed by atoms with Gasteiger partial charge in [-0.2, -0.15) is 0 Å². The zero-order valence-electron chi connectivity index (χ0n) is 10.3. The minimum absolute atomic E-state index is 0.0847. The van der Waals surface area contributed by atoms with Crippen LogP contribution in [0.25, 0.3) is 0 Å². The van der Waals surface area contributed by atoms with Crippen LogP contribution in [-0.2, 0) is 14.4 Å². The molecule has 0 aliphatic carbocycles. The first kappa shape index (κ1) is 15.0. The largest absolute Gasteiger partial charge is 0.481 e. The van der Waals surface area contributed by atoms with Crippen molar-refractivity contribution in [1.29, 1.82) is 0 Å². The Morgan fingerprint density at radius 2 is 2.00 bits per heavy atom. The summed E-state index contributed by atoms with van der Waals surface area (Å²) < 4.78 is 0. The molecule has 0 aliphatic heterocycles. The highest BCUT2D eigenvalue weighted by atomic mass is 32.2. The molecule has 1 unspecified atom stereocenters. The first-order valence-electron chi connectivity index (χ1n) is 5.45. The summed E-state index contributed by atoms with van der Waals surface area (Å²) in [7, 11) is 0. The SMILES string of the molecule is CC(C(=O)O)C(=O)Nc1ccccc1SCC(N)=O. The third-order valence-electron chi connectivity index (χ3n) is 2.28. The number of rotatable bonds is 6. The van der Waals surface area contributed by atoms with Crippen LogP contribution in [0.5, 0.6) is 0 Å². The van der Waals surface area contributed by atoms with Gasteiger partial charge in [-0.25, -0.2) is 0 Å². The Labute approximate surface area is 114 Å². The van der Waals surface area contributed by atoms with Gasteiger partial charge in [-0.3, -0.25) is 14.4 Å². The molecule has 1 aromatic carbocycles. The van der Waals surface area contributed by atoms with E-state index < -0.39 is 23.7 Å². The van der Waals surface area contributed by atoms with Crippen LogP contribution >= 0.6 is 11.8 Å². The topological polar surface area (TPSA) is 109 Å². The molecular formula is C12H14N2O4S. The second kappa shape index (κ2) is 6.79. The Kier molecular flexibility index (Phi) is 5.37. The van der Waals surface area contributed by atoms with Crippen molar-refractivity contribution in [2.75, 3.05) is 11.1 Å². The van der Waals surface area contributed by atoms with Gasteiger partial charge < -0.3 is 16.2 Å². The summed E-state index contributed by atoms with van der Waals surface area (Å²) in [5.41, 5.74) is 5.52. The molecule has 102 valence electrons. The third kappa shape index (κ3) is 4.63. The Morgan fingerprint density at radius 3 is 2.58 bits per heavy atom. The highest BCUT2D eigenvalue weighted by Crippen LogP contribution is 2.27. The minimum atomic E-state index is -1.19. The second-order valence-electron chi connectivity index (χ2n) is 3.80. The van der Waals surface area contributed by atoms with E-state index in [0.29, 0.717) is 10.6 Å². The normalized spacial score (nSPS) is 11.6. The molecule has 4 N–H and O–H groups in total. The number of aliphatic carboxylic acids is 1. The van der Waals surface area contributed by atoms with Gasteiger partial charge in [0.25, 0.3) is 0 Å². The van der Waals surface area contributed by atoms with E-state index in [1.54, 1.807) is 24.3 Å². The molecule has 7 heteroatoms. The van der Waals surface area contributed by atoms with Crippen LogP contribution in [0.4, 0.5) is 5.69 Å². The maximum Gasteiger partial charge on any atom is 0.315 e. The Hall–Kier alpha value is -2.02. The Balaban J connectivity index is 2.80. The van der Waals surface area contributed by atoms with Crippen LogP contribution in [0.1, 0.15) is 6.92 Å². The van der Waals surface area contributed by atoms with Crippen molar-refractivity contribution >= 4 is 35.2 Å². The summed E-state index contributed by atoms with van der Waals surface area (Å²) in [6.45, 7) is 1.30. The number of para-hydroxylation sites is 1. The van der Waals surface area contributed by atoms with Crippen LogP contribution in [0.3, 0.4) is 0 Å². The lowest BCUT2D eigenvalue weighted by molar-refractivity contribution is -0.144. The van der Waals surface area contributed by atoms with Crippen LogP contribution in [0.15, 0.2) is 29.2 Å². The molecule has 0 saturated carbocycles. The standard InChI is InChI=1S/C12H14N2O4S/c1-7(12(17)18)11(16)14-8-4-2-3-5-9(8)19-6-10(13)15/h2-5,7H,6H2,1H3,(H2,13,15)(H,14,16)(H,17,18). The average molecular weight is 282 g/mol. The number of carboxylic acid groups (broad SMARTS) is 1. The Bertz CT molecular complexity index is 504. The van der Waals surface area contributed by atoms with Crippen molar-refractivity contribution in [2.45, 2.75) is 11.8 Å². The van der Waals surface area contributed by atoms with Crippen molar-refractivity contribution < 1.29 is 19.5 Å². The fraction of sp³-hybridized carbons (Fsp3) is 0.250. The average Bonchev–Trinajstić information content (AvgIpc) is 2.36. The number of anilines is 1. The van der Waals surface area contributed by atoms with Gasteiger partial charge in [0.05, 0.1) is 11.4 Å². The third-order valence-corrected chi connectivity index (χ3v) is 3.37. The molecule has 0 fully saturated rings. The first-order valence-corrected chi connectivity index (χ1v) is 6.44. The zero-order valence-corrected chi connectivity index (χ0v) is 11.1. The second-order valence-corrected chi connectivity index (χ2v) is 4.82. The molecule has 0 saturated heterocycles. The number of amides is 2. The van der Waals surface area contributed by atoms with E-state index in [2.05, 4.69) is 5.32 Å². The predicted octanol–water partition coefficient (Wildman–Crippen LogP) is 0.923. The summed E-state index contributed by atoms with van der Waals surface area (Å²) in [5, 5.41) is 11.3. The number of nitrogens with two attached hydrogens (primary N) is 1. The number of carbonyl (C=O) groups is 3. The summed E-state index contributed by atoms with van der Waals surface area (Å²) in [5.74, 6) is -3.33. The molecule has 0 radical (unpaired) electrons. The lowest BCUT2D eigenvalue weighted by Gasteiger charge is -2.11. The predicted molar refractivity (Wildman–Crippen MR) is 71.8 cm³/mol. The van der Waals surface area contributed by atoms with Crippen LogP contribution < -0.4 is 11.1 Å². The maximum atomic E-state index is 11.7. The van der Waals surface area contributed by atoms with E-state index in [-0.39, 0.29) is 5.75 Å². The zero-order chi connectivity index (χ0) is 14.4. The molecular weight excluding hydrogens is 268 g/mol. The van der Waals surface area contributed by atoms with Gasteiger partial charge in [-0.05, 0) is 19.1 Å². The van der Waals surface area contributed by atoms with E-state index >= 15 is 0 Å². The van der Waals surface area contributed by atoms with Crippen molar-refractivity contribution in [3.05, 3.63) is 24.3 Å². The Morgan fingerprint density at radius 1 is 1.37 bits per heavy atom. The number of hydrogen-bond acceptors (Lipinski definition) is 4. The molecule has 0 aliphatic rings. The molecule has 0 aromatic heterocycles. The number of carboxylic acids is 1. The number of thioether (sulfide) groups is 1. The lowest BCUT2D eigenvalue weighted by Crippen LogP contribution is -2.27. The van der Waals surface area contributed by atoms with Gasteiger partial charge in [0.1, 0.15) is 5.92 Å². The van der Waals surface area contributed by atoms with E-state index in [0.717, 1.165) is 0 Å². The molecule has 0 bridgehead atoms. The van der Waals surface area contributed by atoms with Gasteiger partial charge in [0.15, 0.2) is 0 Å². The van der Waals surface area contributed by atoms with Gasteiger partial charge in [-0.1, -0.05) is 12.1 Å². The van der Waals surface area contributed by atoms with Gasteiger partial charge >= 0.3 is 5.97 Å². The fourth-order valence-corrected chi connectivity index (χ4v) is 1.94. The lowest BCUT2D eigenvalue weighted by atomic mass is 10.1. The van der Waals surface area contributed by atoms with Crippen molar-refractivity contribution in [1.82, 2.24) is 0 Å². The van der Waals surface area contributed by atoms with E-state index in [1.165, 1.54) is 18.7 Å². The van der Waals surface area contributed by atoms with Crippen LogP contribution in [0, 0.1) is 5.92 Å². The quantitative estimate of drug-likeness (QED) is 0.531. The van der Waals surface area contributed by atoms with Crippen LogP contribution in [0.2, 0.25) is 0 Å². The van der Waals surface area contributed by atoms with Crippen LogP contribution in [-0.4, -0.2) is 28.6 Å². The molecule has 0 heterocycles. The number of nitrogens with one attached hydrogen (secondary N) is 1. The smallest absolute Gasteiger partial charge is 0.315 e. The first-order chi connectivity index (χ1) is 8.91. The molecule has 0 spiro atoms. The molecule has 2 amide bonds. The number of benzene rings is 1. The number of carbonyl (C=O) groups excluding carboxylic acids is 2. The maximum absolute atomic E-state index is 11.7. The number of primary amides is 1. The van der Waals surface area contributed by atoms with E-state index in [1.807, 2.05) is 0 Å². The van der Waals surface area contributed by atoms with Crippen molar-refractivity contribution in [2.24, 2.45) is 11.7 Å². The highest BCUT2D eigenvalue weighted by molar-refractivity contribution is 8.00. The fourth-order valence-electron chi connectivity index (χ4n) is 1.20. The van der Waals surface area contributed by atoms with Gasteiger partial charge in [-0.15, -0.1) is 11.8 Å². The van der Waals surface area contributed by atoms with E-state index in [4.69, 9.17) is 10.8 Å². The molecule has 6 nitrogen and oxygen atoms in total. The van der Waals surface area contributed by atoms with Gasteiger partial charge in [0.2, 0.25) is 11.8 Å². The minimum Gasteiger partial charge on any atom is -0.481 e. The van der Waals surface area contributed by atoms with Crippen molar-refractivity contribution in [3.63, 3.8) is 0 Å². The van der Waals surface area contributed by atoms with Gasteiger partial charge in [0, 0.05) is 4.90 Å². The summed E-state index contributed by atoms with van der Waals surface area (Å²) >= 11 is 1.18. The summed E-state index contributed by atoms with van der Waals surface area (Å²) in [6.07, 6.45) is 0. The summed E-state index contributed by atoms with van der Waals surface area (Å²) in [6, 6.07) is 6.80. The monoisotopic (exact) mass is 282 g/mol. The molecule has 19 heavy (non-hydrogen) atoms. The molecule has 1 rings (SSSR count). The molecule has 1 atom stereocenters. The number of hydrogen-bond donors (Lipinski definition) is 3. The highest BCUT2D eigenvalue weighted by Gasteiger charge is 2.21. The summed E-state index contributed by atoms with van der Waals surface area (Å²) in [4.78, 5) is 33.8. The van der Waals surface area contributed by atoms with Crippen molar-refractivity contribution in [3.8, 4) is 0 Å².